The lowest BCUT2D eigenvalue weighted by Gasteiger charge is -2.02. The maximum absolute atomic E-state index is 12.9. The van der Waals surface area contributed by atoms with E-state index in [1.54, 1.807) is 12.1 Å². The molecule has 1 aromatic heterocycles. The zero-order valence-electron chi connectivity index (χ0n) is 12.7. The fourth-order valence-corrected chi connectivity index (χ4v) is 3.42. The van der Waals surface area contributed by atoms with Gasteiger partial charge in [-0.2, -0.15) is 0 Å². The lowest BCUT2D eigenvalue weighted by atomic mass is 10.2. The van der Waals surface area contributed by atoms with E-state index in [1.807, 2.05) is 31.2 Å². The second kappa shape index (κ2) is 6.87. The van der Waals surface area contributed by atoms with Crippen molar-refractivity contribution in [2.24, 2.45) is 0 Å². The van der Waals surface area contributed by atoms with Gasteiger partial charge in [0.05, 0.1) is 11.4 Å². The molecule has 0 spiro atoms. The predicted molar refractivity (Wildman–Crippen MR) is 88.6 cm³/mol. The van der Waals surface area contributed by atoms with Crippen molar-refractivity contribution in [2.45, 2.75) is 18.4 Å². The van der Waals surface area contributed by atoms with Crippen molar-refractivity contribution in [1.29, 1.82) is 0 Å². The van der Waals surface area contributed by atoms with E-state index >= 15 is 0 Å². The fourth-order valence-electron chi connectivity index (χ4n) is 2.30. The summed E-state index contributed by atoms with van der Waals surface area (Å²) in [7, 11) is -1.06. The SMILES string of the molecule is Cc1cccc(CS(=O)Cc2coc(-c3ccc(F)cc3)n2)c1. The molecule has 1 atom stereocenters. The van der Waals surface area contributed by atoms with E-state index in [2.05, 4.69) is 4.98 Å². The Morgan fingerprint density at radius 2 is 1.91 bits per heavy atom. The highest BCUT2D eigenvalue weighted by molar-refractivity contribution is 7.83. The minimum Gasteiger partial charge on any atom is -0.444 e. The molecule has 0 aliphatic rings. The third kappa shape index (κ3) is 4.13. The normalized spacial score (nSPS) is 12.3. The zero-order valence-corrected chi connectivity index (χ0v) is 13.5. The summed E-state index contributed by atoms with van der Waals surface area (Å²) in [5, 5.41) is 0. The van der Waals surface area contributed by atoms with Crippen LogP contribution in [0.25, 0.3) is 11.5 Å². The number of rotatable bonds is 5. The van der Waals surface area contributed by atoms with Crippen LogP contribution in [0.15, 0.2) is 59.2 Å². The average molecular weight is 329 g/mol. The van der Waals surface area contributed by atoms with Crippen molar-refractivity contribution >= 4 is 10.8 Å². The van der Waals surface area contributed by atoms with Crippen LogP contribution >= 0.6 is 0 Å². The first-order valence-corrected chi connectivity index (χ1v) is 8.70. The van der Waals surface area contributed by atoms with E-state index in [9.17, 15) is 8.60 Å². The number of aryl methyl sites for hydroxylation is 1. The van der Waals surface area contributed by atoms with Crippen molar-refractivity contribution in [3.63, 3.8) is 0 Å². The molecule has 23 heavy (non-hydrogen) atoms. The standard InChI is InChI=1S/C18H16FNO2S/c1-13-3-2-4-14(9-13)11-23(21)12-17-10-22-18(20-17)15-5-7-16(19)8-6-15/h2-10H,11-12H2,1H3. The summed E-state index contributed by atoms with van der Waals surface area (Å²) in [4.78, 5) is 4.33. The third-order valence-corrected chi connectivity index (χ3v) is 4.63. The molecule has 2 aromatic carbocycles. The number of hydrogen-bond donors (Lipinski definition) is 0. The van der Waals surface area contributed by atoms with E-state index < -0.39 is 10.8 Å². The summed E-state index contributed by atoms with van der Waals surface area (Å²) < 4.78 is 30.6. The Hall–Kier alpha value is -2.27. The monoisotopic (exact) mass is 329 g/mol. The maximum atomic E-state index is 12.9. The summed E-state index contributed by atoms with van der Waals surface area (Å²) >= 11 is 0. The Balaban J connectivity index is 1.66. The van der Waals surface area contributed by atoms with Gasteiger partial charge in [0.15, 0.2) is 0 Å². The minimum atomic E-state index is -1.06. The molecule has 0 radical (unpaired) electrons. The van der Waals surface area contributed by atoms with Crippen molar-refractivity contribution in [3.8, 4) is 11.5 Å². The molecule has 0 aliphatic carbocycles. The van der Waals surface area contributed by atoms with Crippen LogP contribution in [0, 0.1) is 12.7 Å². The van der Waals surface area contributed by atoms with E-state index in [0.717, 1.165) is 11.1 Å². The molecule has 3 rings (SSSR count). The number of benzene rings is 2. The van der Waals surface area contributed by atoms with Gasteiger partial charge >= 0.3 is 0 Å². The molecule has 0 aliphatic heterocycles. The van der Waals surface area contributed by atoms with Crippen LogP contribution < -0.4 is 0 Å². The van der Waals surface area contributed by atoms with Gasteiger partial charge in [0.1, 0.15) is 12.1 Å². The van der Waals surface area contributed by atoms with Crippen LogP contribution in [0.3, 0.4) is 0 Å². The Labute approximate surface area is 136 Å². The first-order chi connectivity index (χ1) is 11.1. The topological polar surface area (TPSA) is 43.1 Å². The van der Waals surface area contributed by atoms with Gasteiger partial charge in [-0.05, 0) is 36.8 Å². The van der Waals surface area contributed by atoms with Gasteiger partial charge in [0.25, 0.3) is 0 Å². The molecule has 0 saturated heterocycles. The highest BCUT2D eigenvalue weighted by Crippen LogP contribution is 2.20. The number of halogens is 1. The average Bonchev–Trinajstić information content (AvgIpc) is 2.96. The van der Waals surface area contributed by atoms with Gasteiger partial charge in [0.2, 0.25) is 5.89 Å². The molecule has 3 nitrogen and oxygen atoms in total. The molecule has 1 heterocycles. The number of nitrogens with zero attached hydrogens (tertiary/aromatic N) is 1. The molecule has 0 N–H and O–H groups in total. The summed E-state index contributed by atoms with van der Waals surface area (Å²) in [5.41, 5.74) is 3.53. The minimum absolute atomic E-state index is 0.306. The Bertz CT molecular complexity index is 827. The molecule has 5 heteroatoms. The van der Waals surface area contributed by atoms with Crippen LogP contribution in [0.4, 0.5) is 4.39 Å². The summed E-state index contributed by atoms with van der Waals surface area (Å²) in [6.07, 6.45) is 1.51. The fraction of sp³-hybridized carbons (Fsp3) is 0.167. The van der Waals surface area contributed by atoms with Crippen molar-refractivity contribution in [2.75, 3.05) is 0 Å². The molecule has 0 bridgehead atoms. The Morgan fingerprint density at radius 1 is 1.13 bits per heavy atom. The van der Waals surface area contributed by atoms with E-state index in [0.29, 0.717) is 28.7 Å². The van der Waals surface area contributed by atoms with Crippen molar-refractivity contribution < 1.29 is 13.0 Å². The largest absolute Gasteiger partial charge is 0.444 e. The molecule has 0 saturated carbocycles. The van der Waals surface area contributed by atoms with Crippen LogP contribution in [-0.4, -0.2) is 9.19 Å². The lowest BCUT2D eigenvalue weighted by molar-refractivity contribution is 0.572. The van der Waals surface area contributed by atoms with Crippen molar-refractivity contribution in [3.05, 3.63) is 77.4 Å². The van der Waals surface area contributed by atoms with Crippen LogP contribution in [-0.2, 0) is 22.3 Å². The van der Waals surface area contributed by atoms with E-state index in [1.165, 1.54) is 18.4 Å². The molecular formula is C18H16FNO2S. The molecule has 118 valence electrons. The van der Waals surface area contributed by atoms with Gasteiger partial charge in [-0.25, -0.2) is 9.37 Å². The lowest BCUT2D eigenvalue weighted by Crippen LogP contribution is -2.00. The Morgan fingerprint density at radius 3 is 2.65 bits per heavy atom. The second-order valence-corrected chi connectivity index (χ2v) is 6.83. The van der Waals surface area contributed by atoms with Crippen LogP contribution in [0.5, 0.6) is 0 Å². The Kier molecular flexibility index (Phi) is 4.67. The van der Waals surface area contributed by atoms with Gasteiger partial charge < -0.3 is 4.42 Å². The molecule has 0 amide bonds. The van der Waals surface area contributed by atoms with Crippen LogP contribution in [0.1, 0.15) is 16.8 Å². The highest BCUT2D eigenvalue weighted by atomic mass is 32.2. The summed E-state index contributed by atoms with van der Waals surface area (Å²) in [5.74, 6) is 0.923. The molecule has 1 unspecified atom stereocenters. The maximum Gasteiger partial charge on any atom is 0.226 e. The molecular weight excluding hydrogens is 313 g/mol. The highest BCUT2D eigenvalue weighted by Gasteiger charge is 2.10. The van der Waals surface area contributed by atoms with Crippen LogP contribution in [0.2, 0.25) is 0 Å². The van der Waals surface area contributed by atoms with Gasteiger partial charge in [0, 0.05) is 22.1 Å². The number of aromatic nitrogens is 1. The predicted octanol–water partition coefficient (Wildman–Crippen LogP) is 4.24. The smallest absolute Gasteiger partial charge is 0.226 e. The summed E-state index contributed by atoms with van der Waals surface area (Å²) in [6.45, 7) is 2.01. The van der Waals surface area contributed by atoms with Gasteiger partial charge in [-0.15, -0.1) is 0 Å². The zero-order chi connectivity index (χ0) is 16.2. The quantitative estimate of drug-likeness (QED) is 0.703. The number of oxazole rings is 1. The molecule has 3 aromatic rings. The van der Waals surface area contributed by atoms with E-state index in [4.69, 9.17) is 4.42 Å². The third-order valence-electron chi connectivity index (χ3n) is 3.36. The number of hydrogen-bond acceptors (Lipinski definition) is 3. The summed E-state index contributed by atoms with van der Waals surface area (Å²) in [6, 6.07) is 13.9. The first-order valence-electron chi connectivity index (χ1n) is 7.21. The molecule has 0 fully saturated rings. The van der Waals surface area contributed by atoms with Crippen molar-refractivity contribution in [1.82, 2.24) is 4.98 Å². The van der Waals surface area contributed by atoms with Gasteiger partial charge in [-0.3, -0.25) is 4.21 Å². The second-order valence-electron chi connectivity index (χ2n) is 5.37. The first kappa shape index (κ1) is 15.6. The van der Waals surface area contributed by atoms with Gasteiger partial charge in [-0.1, -0.05) is 29.8 Å². The van der Waals surface area contributed by atoms with E-state index in [-0.39, 0.29) is 5.82 Å².